The Hall–Kier alpha value is -5.44. The van der Waals surface area contributed by atoms with Crippen LogP contribution in [0.5, 0.6) is 23.0 Å². The third kappa shape index (κ3) is 11.2. The number of aliphatic hydroxyl groups is 7. The second kappa shape index (κ2) is 21.9. The van der Waals surface area contributed by atoms with Crippen LogP contribution in [0.1, 0.15) is 47.1 Å². The van der Waals surface area contributed by atoms with Crippen molar-refractivity contribution in [2.24, 2.45) is 0 Å². The lowest BCUT2D eigenvalue weighted by atomic mass is 9.96. The number of carbonyl (C=O) groups is 3. The molecule has 0 aliphatic carbocycles. The van der Waals surface area contributed by atoms with Crippen molar-refractivity contribution in [3.63, 3.8) is 0 Å². The summed E-state index contributed by atoms with van der Waals surface area (Å²) in [6.45, 7) is 6.83. The first-order valence-electron chi connectivity index (χ1n) is 21.4. The van der Waals surface area contributed by atoms with E-state index in [1.54, 1.807) is 19.9 Å². The quantitative estimate of drug-likeness (QED) is 0.0546. The molecule has 0 spiro atoms. The van der Waals surface area contributed by atoms with Crippen molar-refractivity contribution in [2.45, 2.75) is 140 Å². The van der Waals surface area contributed by atoms with Gasteiger partial charge in [-0.2, -0.15) is 0 Å². The molecule has 0 saturated carbocycles. The van der Waals surface area contributed by atoms with Crippen molar-refractivity contribution < 1.29 is 107 Å². The van der Waals surface area contributed by atoms with Gasteiger partial charge < -0.3 is 92.6 Å². The molecule has 0 amide bonds. The Labute approximate surface area is 387 Å². The van der Waals surface area contributed by atoms with Crippen LogP contribution in [0.25, 0.3) is 22.3 Å². The lowest BCUT2D eigenvalue weighted by Crippen LogP contribution is -2.65. The molecule has 3 fully saturated rings. The summed E-state index contributed by atoms with van der Waals surface area (Å²) in [5.74, 6) is -3.95. The van der Waals surface area contributed by atoms with Crippen molar-refractivity contribution >= 4 is 28.9 Å². The van der Waals surface area contributed by atoms with Crippen molar-refractivity contribution in [2.75, 3.05) is 20.3 Å². The standard InChI is InChI=1S/C45H56O23/c1-17(2)8-13-24-26(63-43-34(55)32(53)30(51)27(15-46)64-43)14-25(50)29-31(52)41(38(66-39(24)29)22-9-11-23(58-7)12-10-22)67-45-36(57)42(37(18(3)60-45)61-20(5)48)68-44-35(56)33(54)40(62-21(6)49)28(65-44)16-59-19(4)47/h8-12,14,18,27-28,30,32-37,40,42-46,50-51,53-57H,13,15-16H2,1-7H3/t18?,27?,28?,30-,32+,33-,34?,35?,36+,37+,40-,42?,43-,44+,45+/m1/s1. The van der Waals surface area contributed by atoms with Gasteiger partial charge in [-0.3, -0.25) is 19.2 Å². The van der Waals surface area contributed by atoms with E-state index in [0.29, 0.717) is 5.75 Å². The number of methoxy groups -OCH3 is 1. The normalized spacial score (nSPS) is 31.6. The number of aromatic hydroxyl groups is 1. The zero-order chi connectivity index (χ0) is 49.9. The van der Waals surface area contributed by atoms with Gasteiger partial charge >= 0.3 is 17.9 Å². The third-order valence-electron chi connectivity index (χ3n) is 11.3. The van der Waals surface area contributed by atoms with E-state index < -0.39 is 146 Å². The molecule has 3 aromatic rings. The van der Waals surface area contributed by atoms with E-state index in [1.165, 1.54) is 38.3 Å². The fourth-order valence-electron chi connectivity index (χ4n) is 7.85. The van der Waals surface area contributed by atoms with E-state index in [-0.39, 0.29) is 34.6 Å². The smallest absolute Gasteiger partial charge is 0.303 e. The first-order valence-corrected chi connectivity index (χ1v) is 21.4. The van der Waals surface area contributed by atoms with Crippen LogP contribution in [0.2, 0.25) is 0 Å². The minimum atomic E-state index is -2.04. The molecule has 3 saturated heterocycles. The van der Waals surface area contributed by atoms with E-state index in [0.717, 1.165) is 32.4 Å². The number of phenolic OH excluding ortho intramolecular Hbond substituents is 1. The second-order valence-electron chi connectivity index (χ2n) is 16.6. The van der Waals surface area contributed by atoms with Gasteiger partial charge in [-0.1, -0.05) is 11.6 Å². The first kappa shape index (κ1) is 51.9. The lowest BCUT2D eigenvalue weighted by molar-refractivity contribution is -0.351. The number of rotatable bonds is 15. The minimum absolute atomic E-state index is 0.0251. The van der Waals surface area contributed by atoms with Gasteiger partial charge in [-0.15, -0.1) is 0 Å². The summed E-state index contributed by atoms with van der Waals surface area (Å²) in [4.78, 5) is 50.9. The zero-order valence-electron chi connectivity index (χ0n) is 37.9. The van der Waals surface area contributed by atoms with E-state index >= 15 is 0 Å². The molecule has 6 unspecified atom stereocenters. The lowest BCUT2D eigenvalue weighted by Gasteiger charge is -2.46. The number of ether oxygens (including phenoxy) is 10. The molecule has 68 heavy (non-hydrogen) atoms. The highest BCUT2D eigenvalue weighted by atomic mass is 16.8. The van der Waals surface area contributed by atoms with E-state index in [4.69, 9.17) is 51.8 Å². The number of phenols is 1. The number of hydrogen-bond donors (Lipinski definition) is 8. The van der Waals surface area contributed by atoms with E-state index in [2.05, 4.69) is 0 Å². The number of aliphatic hydroxyl groups excluding tert-OH is 7. The highest BCUT2D eigenvalue weighted by Crippen LogP contribution is 2.42. The maximum Gasteiger partial charge on any atom is 0.303 e. The molecule has 2 aromatic carbocycles. The van der Waals surface area contributed by atoms with Crippen molar-refractivity contribution in [3.05, 3.63) is 57.8 Å². The molecule has 8 N–H and O–H groups in total. The second-order valence-corrected chi connectivity index (χ2v) is 16.6. The van der Waals surface area contributed by atoms with Crippen LogP contribution in [-0.4, -0.2) is 171 Å². The maximum absolute atomic E-state index is 14.9. The zero-order valence-corrected chi connectivity index (χ0v) is 37.9. The van der Waals surface area contributed by atoms with Crippen molar-refractivity contribution in [1.82, 2.24) is 0 Å². The maximum atomic E-state index is 14.9. The summed E-state index contributed by atoms with van der Waals surface area (Å²) in [6.07, 6.45) is -23.9. The largest absolute Gasteiger partial charge is 0.507 e. The number of esters is 3. The van der Waals surface area contributed by atoms with Gasteiger partial charge in [0.1, 0.15) is 89.8 Å². The fraction of sp³-hybridized carbons (Fsp3) is 0.556. The number of hydrogen-bond acceptors (Lipinski definition) is 23. The Balaban J connectivity index is 1.45. The Morgan fingerprint density at radius 1 is 0.721 bits per heavy atom. The topological polar surface area (TPSA) is 336 Å². The summed E-state index contributed by atoms with van der Waals surface area (Å²) < 4.78 is 63.2. The third-order valence-corrected chi connectivity index (χ3v) is 11.3. The molecule has 6 rings (SSSR count). The molecule has 0 radical (unpaired) electrons. The Morgan fingerprint density at radius 3 is 1.94 bits per heavy atom. The van der Waals surface area contributed by atoms with Crippen LogP contribution in [0, 0.1) is 0 Å². The molecule has 3 aliphatic rings. The van der Waals surface area contributed by atoms with Crippen LogP contribution in [0.3, 0.4) is 0 Å². The molecule has 23 nitrogen and oxygen atoms in total. The summed E-state index contributed by atoms with van der Waals surface area (Å²) in [5, 5.41) is 86.9. The SMILES string of the molecule is COc1ccc(-c2oc3c(CC=C(C)C)c(O[C@@H]4OC(CO)[C@@H](O)[C@H](O)C4O)cc(O)c3c(=O)c2O[C@@H]2OC(C)[C@H](OC(C)=O)C(O[C@@H]3OC(COC(C)=O)[C@@H](OC(C)=O)[C@H](O)C3O)[C@@H]2O)cc1. The molecular weight excluding hydrogens is 908 g/mol. The van der Waals surface area contributed by atoms with Gasteiger partial charge in [0.25, 0.3) is 0 Å². The Kier molecular flexibility index (Phi) is 16.7. The molecule has 3 aliphatic heterocycles. The van der Waals surface area contributed by atoms with Crippen molar-refractivity contribution in [3.8, 4) is 34.3 Å². The van der Waals surface area contributed by atoms with Crippen LogP contribution >= 0.6 is 0 Å². The Morgan fingerprint density at radius 2 is 1.34 bits per heavy atom. The predicted octanol–water partition coefficient (Wildman–Crippen LogP) is -0.395. The molecule has 23 heteroatoms. The van der Waals surface area contributed by atoms with Crippen LogP contribution in [0.15, 0.2) is 51.2 Å². The number of carbonyl (C=O) groups excluding carboxylic acids is 3. The molecule has 0 bridgehead atoms. The van der Waals surface area contributed by atoms with Gasteiger partial charge in [-0.05, 0) is 51.5 Å². The van der Waals surface area contributed by atoms with Crippen LogP contribution in [0.4, 0.5) is 0 Å². The van der Waals surface area contributed by atoms with Gasteiger partial charge in [0.05, 0.1) is 19.8 Å². The molecule has 374 valence electrons. The van der Waals surface area contributed by atoms with E-state index in [1.807, 2.05) is 0 Å². The number of benzene rings is 2. The summed E-state index contributed by atoms with van der Waals surface area (Å²) in [5.41, 5.74) is -0.170. The average molecular weight is 965 g/mol. The van der Waals surface area contributed by atoms with Gasteiger partial charge in [-0.25, -0.2) is 0 Å². The average Bonchev–Trinajstić information content (AvgIpc) is 3.28. The highest BCUT2D eigenvalue weighted by molar-refractivity contribution is 5.91. The number of allylic oxidation sites excluding steroid dienone is 2. The first-order chi connectivity index (χ1) is 32.1. The van der Waals surface area contributed by atoms with Crippen molar-refractivity contribution in [1.29, 1.82) is 0 Å². The van der Waals surface area contributed by atoms with Gasteiger partial charge in [0.2, 0.25) is 23.8 Å². The van der Waals surface area contributed by atoms with Gasteiger partial charge in [0.15, 0.2) is 24.3 Å². The number of fused-ring (bicyclic) bond motifs is 1. The fourth-order valence-corrected chi connectivity index (χ4v) is 7.85. The van der Waals surface area contributed by atoms with Gasteiger partial charge in [0, 0.05) is 38.0 Å². The minimum Gasteiger partial charge on any atom is -0.507 e. The molecule has 15 atom stereocenters. The summed E-state index contributed by atoms with van der Waals surface area (Å²) >= 11 is 0. The summed E-state index contributed by atoms with van der Waals surface area (Å²) in [7, 11) is 1.43. The van der Waals surface area contributed by atoms with E-state index in [9.17, 15) is 60.0 Å². The van der Waals surface area contributed by atoms with Crippen LogP contribution in [-0.2, 0) is 54.0 Å². The highest BCUT2D eigenvalue weighted by Gasteiger charge is 2.54. The van der Waals surface area contributed by atoms with Crippen LogP contribution < -0.4 is 19.6 Å². The predicted molar refractivity (Wildman–Crippen MR) is 228 cm³/mol. The molecule has 1 aromatic heterocycles. The monoisotopic (exact) mass is 964 g/mol. The summed E-state index contributed by atoms with van der Waals surface area (Å²) in [6, 6.07) is 7.11. The molecular formula is C45H56O23. The molecule has 4 heterocycles. The Bertz CT molecular complexity index is 2360.